The lowest BCUT2D eigenvalue weighted by Crippen LogP contribution is -2.37. The average Bonchev–Trinajstić information content (AvgIpc) is 3.14. The van der Waals surface area contributed by atoms with E-state index in [9.17, 15) is 9.59 Å². The summed E-state index contributed by atoms with van der Waals surface area (Å²) < 4.78 is 5.12. The van der Waals surface area contributed by atoms with Gasteiger partial charge in [-0.25, -0.2) is 4.98 Å². The highest BCUT2D eigenvalue weighted by Crippen LogP contribution is 2.30. The molecule has 6 nitrogen and oxygen atoms in total. The lowest BCUT2D eigenvalue weighted by molar-refractivity contribution is -0.149. The summed E-state index contributed by atoms with van der Waals surface area (Å²) in [7, 11) is 0. The fourth-order valence-electron chi connectivity index (χ4n) is 3.59. The zero-order valence-electron chi connectivity index (χ0n) is 15.8. The Kier molecular flexibility index (Phi) is 5.54. The van der Waals surface area contributed by atoms with Crippen LogP contribution in [0.1, 0.15) is 25.6 Å². The highest BCUT2D eigenvalue weighted by Gasteiger charge is 2.26. The van der Waals surface area contributed by atoms with Crippen LogP contribution in [0.2, 0.25) is 0 Å². The van der Waals surface area contributed by atoms with Gasteiger partial charge >= 0.3 is 5.97 Å². The van der Waals surface area contributed by atoms with Crippen molar-refractivity contribution in [1.29, 1.82) is 0 Å². The number of hydrogen-bond acceptors (Lipinski definition) is 6. The molecule has 0 spiro atoms. The Morgan fingerprint density at radius 1 is 1.29 bits per heavy atom. The van der Waals surface area contributed by atoms with Crippen LogP contribution >= 0.6 is 11.3 Å². The van der Waals surface area contributed by atoms with Crippen LogP contribution in [-0.4, -0.2) is 40.5 Å². The first-order valence-electron chi connectivity index (χ1n) is 9.61. The number of hydrogen-bond donors (Lipinski definition) is 1. The van der Waals surface area contributed by atoms with Crippen LogP contribution in [0.3, 0.4) is 0 Å². The van der Waals surface area contributed by atoms with Gasteiger partial charge in [-0.05, 0) is 44.5 Å². The van der Waals surface area contributed by atoms with Crippen LogP contribution in [-0.2, 0) is 16.1 Å². The quantitative estimate of drug-likeness (QED) is 0.668. The monoisotopic (exact) mass is 397 g/mol. The van der Waals surface area contributed by atoms with Gasteiger partial charge in [0.2, 0.25) is 0 Å². The Morgan fingerprint density at radius 3 is 2.75 bits per heavy atom. The number of aromatic nitrogens is 2. The van der Waals surface area contributed by atoms with E-state index in [0.29, 0.717) is 24.4 Å². The van der Waals surface area contributed by atoms with Crippen molar-refractivity contribution in [2.45, 2.75) is 26.3 Å². The van der Waals surface area contributed by atoms with Crippen LogP contribution in [0.5, 0.6) is 0 Å². The third-order valence-corrected chi connectivity index (χ3v) is 6.17. The number of piperidine rings is 1. The Hall–Kier alpha value is -2.51. The summed E-state index contributed by atoms with van der Waals surface area (Å²) in [5.41, 5.74) is 0.993. The second-order valence-corrected chi connectivity index (χ2v) is 8.04. The van der Waals surface area contributed by atoms with Crippen molar-refractivity contribution in [3.8, 4) is 10.4 Å². The molecule has 1 saturated heterocycles. The van der Waals surface area contributed by atoms with Gasteiger partial charge in [0.1, 0.15) is 10.7 Å². The maximum Gasteiger partial charge on any atom is 0.309 e. The van der Waals surface area contributed by atoms with E-state index in [1.54, 1.807) is 0 Å². The number of likely N-dealkylation sites (tertiary alicyclic amines) is 1. The lowest BCUT2D eigenvalue weighted by Gasteiger charge is -2.30. The number of ether oxygens (including phenoxy) is 1. The van der Waals surface area contributed by atoms with Crippen molar-refractivity contribution in [2.24, 2.45) is 5.92 Å². The molecule has 0 unspecified atom stereocenters. The molecule has 0 atom stereocenters. The third-order valence-electron chi connectivity index (χ3n) is 5.09. The molecule has 1 aliphatic rings. The van der Waals surface area contributed by atoms with Gasteiger partial charge in [0, 0.05) is 4.88 Å². The first-order chi connectivity index (χ1) is 13.6. The molecular formula is C21H23N3O3S. The van der Waals surface area contributed by atoms with Crippen LogP contribution < -0.4 is 5.56 Å². The molecule has 0 aliphatic carbocycles. The molecule has 1 aliphatic heterocycles. The van der Waals surface area contributed by atoms with Gasteiger partial charge in [-0.1, -0.05) is 30.3 Å². The molecular weight excluding hydrogens is 374 g/mol. The maximum absolute atomic E-state index is 12.5. The molecule has 0 saturated carbocycles. The van der Waals surface area contributed by atoms with Crippen molar-refractivity contribution in [3.63, 3.8) is 0 Å². The Labute approximate surface area is 167 Å². The van der Waals surface area contributed by atoms with Crippen LogP contribution in [0.25, 0.3) is 20.7 Å². The highest BCUT2D eigenvalue weighted by molar-refractivity contribution is 7.21. The maximum atomic E-state index is 12.5. The minimum atomic E-state index is -0.0974. The summed E-state index contributed by atoms with van der Waals surface area (Å²) in [5, 5.41) is 0.633. The van der Waals surface area contributed by atoms with Crippen LogP contribution in [0.4, 0.5) is 0 Å². The number of esters is 1. The fraction of sp³-hybridized carbons (Fsp3) is 0.381. The van der Waals surface area contributed by atoms with Crippen molar-refractivity contribution >= 4 is 27.5 Å². The van der Waals surface area contributed by atoms with Crippen molar-refractivity contribution in [2.75, 3.05) is 19.7 Å². The van der Waals surface area contributed by atoms with E-state index in [4.69, 9.17) is 4.74 Å². The predicted molar refractivity (Wildman–Crippen MR) is 110 cm³/mol. The summed E-state index contributed by atoms with van der Waals surface area (Å²) in [6.45, 7) is 4.43. The number of H-pyrrole nitrogens is 1. The molecule has 2 aromatic heterocycles. The Balaban J connectivity index is 1.48. The first-order valence-corrected chi connectivity index (χ1v) is 10.4. The molecule has 0 radical (unpaired) electrons. The summed E-state index contributed by atoms with van der Waals surface area (Å²) in [6, 6.07) is 11.9. The van der Waals surface area contributed by atoms with E-state index in [-0.39, 0.29) is 17.4 Å². The number of thiophene rings is 1. The normalized spacial score (nSPS) is 15.8. The number of benzene rings is 1. The van der Waals surface area contributed by atoms with Crippen LogP contribution in [0, 0.1) is 5.92 Å². The molecule has 1 N–H and O–H groups in total. The van der Waals surface area contributed by atoms with Crippen molar-refractivity contribution in [3.05, 3.63) is 52.6 Å². The largest absolute Gasteiger partial charge is 0.466 e. The minimum Gasteiger partial charge on any atom is -0.466 e. The zero-order valence-corrected chi connectivity index (χ0v) is 16.6. The molecule has 3 heterocycles. The Bertz CT molecular complexity index is 1020. The van der Waals surface area contributed by atoms with E-state index in [2.05, 4.69) is 14.9 Å². The molecule has 7 heteroatoms. The molecule has 146 valence electrons. The summed E-state index contributed by atoms with van der Waals surface area (Å²) >= 11 is 1.54. The fourth-order valence-corrected chi connectivity index (χ4v) is 4.65. The SMILES string of the molecule is CCOC(=O)C1CCN(Cc2nc3sc(-c4ccccc4)cc3c(=O)[nH]2)CC1. The molecule has 3 aromatic rings. The lowest BCUT2D eigenvalue weighted by atomic mass is 9.97. The van der Waals surface area contributed by atoms with Gasteiger partial charge in [0.25, 0.3) is 5.56 Å². The molecule has 1 aromatic carbocycles. The Morgan fingerprint density at radius 2 is 2.04 bits per heavy atom. The number of nitrogens with one attached hydrogen (secondary N) is 1. The number of fused-ring (bicyclic) bond motifs is 1. The van der Waals surface area contributed by atoms with Gasteiger partial charge in [-0.2, -0.15) is 0 Å². The molecule has 1 fully saturated rings. The number of aromatic amines is 1. The van der Waals surface area contributed by atoms with Gasteiger partial charge in [0.05, 0.1) is 24.5 Å². The molecule has 4 rings (SSSR count). The average molecular weight is 398 g/mol. The topological polar surface area (TPSA) is 75.3 Å². The van der Waals surface area contributed by atoms with Crippen LogP contribution in [0.15, 0.2) is 41.2 Å². The second kappa shape index (κ2) is 8.24. The van der Waals surface area contributed by atoms with E-state index < -0.39 is 0 Å². The number of rotatable bonds is 5. The second-order valence-electron chi connectivity index (χ2n) is 7.01. The zero-order chi connectivity index (χ0) is 19.5. The van der Waals surface area contributed by atoms with E-state index in [1.165, 1.54) is 11.3 Å². The summed E-state index contributed by atoms with van der Waals surface area (Å²) in [4.78, 5) is 36.1. The standard InChI is InChI=1S/C21H23N3O3S/c1-2-27-21(26)15-8-10-24(11-9-15)13-18-22-19(25)16-12-17(28-20(16)23-18)14-6-4-3-5-7-14/h3-7,12,15H,2,8-11,13H2,1H3,(H,22,23,25). The van der Waals surface area contributed by atoms with Crippen molar-refractivity contribution in [1.82, 2.24) is 14.9 Å². The summed E-state index contributed by atoms with van der Waals surface area (Å²) in [6.07, 6.45) is 1.56. The van der Waals surface area contributed by atoms with E-state index in [0.717, 1.165) is 41.2 Å². The molecule has 0 amide bonds. The first kappa shape index (κ1) is 18.8. The highest BCUT2D eigenvalue weighted by atomic mass is 32.1. The number of nitrogens with zero attached hydrogens (tertiary/aromatic N) is 2. The van der Waals surface area contributed by atoms with E-state index in [1.807, 2.05) is 43.3 Å². The van der Waals surface area contributed by atoms with Gasteiger partial charge in [-0.3, -0.25) is 14.5 Å². The molecule has 0 bridgehead atoms. The third kappa shape index (κ3) is 4.00. The number of carbonyl (C=O) groups excluding carboxylic acids is 1. The van der Waals surface area contributed by atoms with Gasteiger partial charge in [-0.15, -0.1) is 11.3 Å². The predicted octanol–water partition coefficient (Wildman–Crippen LogP) is 3.43. The number of carbonyl (C=O) groups is 1. The summed E-state index contributed by atoms with van der Waals surface area (Å²) in [5.74, 6) is 0.562. The van der Waals surface area contributed by atoms with E-state index >= 15 is 0 Å². The smallest absolute Gasteiger partial charge is 0.309 e. The van der Waals surface area contributed by atoms with Gasteiger partial charge in [0.15, 0.2) is 0 Å². The molecule has 28 heavy (non-hydrogen) atoms. The van der Waals surface area contributed by atoms with Gasteiger partial charge < -0.3 is 9.72 Å². The minimum absolute atomic E-state index is 0.0172. The van der Waals surface area contributed by atoms with Crippen molar-refractivity contribution < 1.29 is 9.53 Å².